The predicted octanol–water partition coefficient (Wildman–Crippen LogP) is 7.94. The number of benzene rings is 3. The SMILES string of the molecule is CCNCC.Cc1c2c(nn1C1CC1)COCCCCn1c(C(=O)O)c(CCCOc3cccc4ccccc34)c3cccc-2c31. The number of carboxylic acids is 1. The number of carbonyl (C=O) groups is 1. The Morgan fingerprint density at radius 3 is 2.54 bits per heavy atom. The van der Waals surface area contributed by atoms with E-state index in [0.717, 1.165) is 94.3 Å². The van der Waals surface area contributed by atoms with E-state index in [2.05, 4.69) is 71.7 Å². The second-order valence-corrected chi connectivity index (χ2v) is 12.2. The Morgan fingerprint density at radius 1 is 1.02 bits per heavy atom. The number of aryl methyl sites for hydroxylation is 2. The van der Waals surface area contributed by atoms with E-state index in [1.165, 1.54) is 0 Å². The van der Waals surface area contributed by atoms with Gasteiger partial charge in [-0.25, -0.2) is 4.79 Å². The van der Waals surface area contributed by atoms with Gasteiger partial charge in [0, 0.05) is 40.7 Å². The largest absolute Gasteiger partial charge is 0.493 e. The van der Waals surface area contributed by atoms with E-state index in [1.54, 1.807) is 0 Å². The average molecular weight is 623 g/mol. The first-order valence-corrected chi connectivity index (χ1v) is 16.9. The van der Waals surface area contributed by atoms with Gasteiger partial charge in [-0.05, 0) is 75.6 Å². The minimum absolute atomic E-state index is 0.395. The predicted molar refractivity (Wildman–Crippen MR) is 184 cm³/mol. The lowest BCUT2D eigenvalue weighted by Crippen LogP contribution is -2.12. The molecule has 0 unspecified atom stereocenters. The molecule has 1 aliphatic carbocycles. The molecule has 1 saturated carbocycles. The molecular weight excluding hydrogens is 576 g/mol. The average Bonchev–Trinajstić information content (AvgIpc) is 3.79. The second-order valence-electron chi connectivity index (χ2n) is 12.2. The maximum absolute atomic E-state index is 12.8. The molecule has 0 saturated heterocycles. The zero-order chi connectivity index (χ0) is 32.0. The van der Waals surface area contributed by atoms with Crippen molar-refractivity contribution in [2.75, 3.05) is 26.3 Å². The fourth-order valence-corrected chi connectivity index (χ4v) is 6.75. The summed E-state index contributed by atoms with van der Waals surface area (Å²) in [7, 11) is 0. The molecular formula is C38H46N4O4. The van der Waals surface area contributed by atoms with Crippen molar-refractivity contribution >= 4 is 27.6 Å². The van der Waals surface area contributed by atoms with Crippen molar-refractivity contribution in [1.29, 1.82) is 0 Å². The number of rotatable bonds is 9. The van der Waals surface area contributed by atoms with E-state index in [9.17, 15) is 9.90 Å². The fourth-order valence-electron chi connectivity index (χ4n) is 6.75. The normalized spacial score (nSPS) is 14.8. The molecule has 2 aromatic heterocycles. The molecule has 7 rings (SSSR count). The summed E-state index contributed by atoms with van der Waals surface area (Å²) in [5.74, 6) is -0.0208. The number of fused-ring (bicyclic) bond motifs is 3. The smallest absolute Gasteiger partial charge is 0.352 e. The molecule has 0 spiro atoms. The van der Waals surface area contributed by atoms with E-state index in [-0.39, 0.29) is 0 Å². The highest BCUT2D eigenvalue weighted by atomic mass is 16.5. The van der Waals surface area contributed by atoms with Crippen molar-refractivity contribution in [2.45, 2.75) is 78.5 Å². The van der Waals surface area contributed by atoms with Crippen LogP contribution in [0.1, 0.15) is 79.4 Å². The molecule has 0 radical (unpaired) electrons. The monoisotopic (exact) mass is 622 g/mol. The van der Waals surface area contributed by atoms with E-state index in [1.807, 2.05) is 24.3 Å². The van der Waals surface area contributed by atoms with Gasteiger partial charge in [-0.2, -0.15) is 5.10 Å². The van der Waals surface area contributed by atoms with Crippen LogP contribution in [0.5, 0.6) is 5.75 Å². The van der Waals surface area contributed by atoms with Crippen LogP contribution in [0.25, 0.3) is 32.8 Å². The summed E-state index contributed by atoms with van der Waals surface area (Å²) < 4.78 is 16.5. The van der Waals surface area contributed by atoms with Gasteiger partial charge >= 0.3 is 5.97 Å². The van der Waals surface area contributed by atoms with E-state index in [0.29, 0.717) is 50.9 Å². The molecule has 0 bridgehead atoms. The molecule has 0 amide bonds. The first-order valence-electron chi connectivity index (χ1n) is 16.9. The number of para-hydroxylation sites is 1. The first-order chi connectivity index (χ1) is 22.5. The quantitative estimate of drug-likeness (QED) is 0.162. The van der Waals surface area contributed by atoms with Gasteiger partial charge in [0.15, 0.2) is 0 Å². The lowest BCUT2D eigenvalue weighted by Gasteiger charge is -2.12. The number of carboxylic acid groups (broad SMARTS) is 1. The van der Waals surface area contributed by atoms with Crippen molar-refractivity contribution < 1.29 is 19.4 Å². The standard InChI is InChI=1S/C34H35N3O4.C4H11N/c1-22-31-28-13-7-12-26-27(14-8-20-41-30-15-6-10-23-9-2-3-11-25(23)30)33(34(38)39)36(32(26)28)18-4-5-19-40-21-29(31)35-37(22)24-16-17-24;1-3-5-4-2/h2-3,6-7,9-13,15,24H,4-5,8,14,16-21H2,1H3,(H,38,39);5H,3-4H2,1-2H3. The topological polar surface area (TPSA) is 90.5 Å². The minimum Gasteiger partial charge on any atom is -0.493 e. The van der Waals surface area contributed by atoms with Gasteiger partial charge in [0.1, 0.15) is 11.4 Å². The highest BCUT2D eigenvalue weighted by Crippen LogP contribution is 2.42. The molecule has 8 nitrogen and oxygen atoms in total. The number of hydrogen-bond acceptors (Lipinski definition) is 5. The lowest BCUT2D eigenvalue weighted by atomic mass is 9.98. The number of ether oxygens (including phenoxy) is 2. The number of aromatic carboxylic acids is 1. The van der Waals surface area contributed by atoms with Crippen LogP contribution >= 0.6 is 0 Å². The summed E-state index contributed by atoms with van der Waals surface area (Å²) in [6.07, 6.45) is 5.35. The molecule has 5 aromatic rings. The number of nitrogens with one attached hydrogen (secondary N) is 1. The van der Waals surface area contributed by atoms with Crippen molar-refractivity contribution in [1.82, 2.24) is 19.7 Å². The third-order valence-corrected chi connectivity index (χ3v) is 9.01. The van der Waals surface area contributed by atoms with Crippen LogP contribution in [0.15, 0.2) is 60.7 Å². The Labute approximate surface area is 271 Å². The van der Waals surface area contributed by atoms with Gasteiger partial charge in [-0.3, -0.25) is 4.68 Å². The van der Waals surface area contributed by atoms with Crippen LogP contribution in [-0.2, 0) is 24.3 Å². The first kappa shape index (κ1) is 31.8. The zero-order valence-electron chi connectivity index (χ0n) is 27.3. The van der Waals surface area contributed by atoms with Crippen LogP contribution in [0.4, 0.5) is 0 Å². The summed E-state index contributed by atoms with van der Waals surface area (Å²) in [6, 6.07) is 21.0. The van der Waals surface area contributed by atoms with Crippen molar-refractivity contribution in [3.05, 3.63) is 83.3 Å². The van der Waals surface area contributed by atoms with E-state index < -0.39 is 5.97 Å². The highest BCUT2D eigenvalue weighted by Gasteiger charge is 2.31. The maximum atomic E-state index is 12.8. The molecule has 3 aromatic carbocycles. The third-order valence-electron chi connectivity index (χ3n) is 9.01. The Balaban J connectivity index is 0.000000692. The third kappa shape index (κ3) is 6.55. The summed E-state index contributed by atoms with van der Waals surface area (Å²) in [4.78, 5) is 12.8. The number of hydrogen-bond donors (Lipinski definition) is 2. The molecule has 0 atom stereocenters. The zero-order valence-corrected chi connectivity index (χ0v) is 27.3. The molecule has 1 aliphatic heterocycles. The Bertz CT molecular complexity index is 1810. The Hall–Kier alpha value is -4.14. The van der Waals surface area contributed by atoms with Crippen LogP contribution in [0.3, 0.4) is 0 Å². The van der Waals surface area contributed by atoms with Crippen LogP contribution in [-0.4, -0.2) is 51.7 Å². The fraction of sp³-hybridized carbons (Fsp3) is 0.421. The highest BCUT2D eigenvalue weighted by molar-refractivity contribution is 6.04. The van der Waals surface area contributed by atoms with Gasteiger partial charge in [-0.15, -0.1) is 0 Å². The van der Waals surface area contributed by atoms with E-state index >= 15 is 0 Å². The van der Waals surface area contributed by atoms with Crippen LogP contribution < -0.4 is 10.1 Å². The van der Waals surface area contributed by atoms with E-state index in [4.69, 9.17) is 14.6 Å². The number of aromatic nitrogens is 3. The molecule has 3 heterocycles. The van der Waals surface area contributed by atoms with Crippen LogP contribution in [0.2, 0.25) is 0 Å². The molecule has 8 heteroatoms. The van der Waals surface area contributed by atoms with Gasteiger partial charge in [0.2, 0.25) is 0 Å². The van der Waals surface area contributed by atoms with Crippen LogP contribution in [0, 0.1) is 6.92 Å². The lowest BCUT2D eigenvalue weighted by molar-refractivity contribution is 0.0683. The van der Waals surface area contributed by atoms with Crippen molar-refractivity contribution in [3.8, 4) is 16.9 Å². The van der Waals surface area contributed by atoms with Crippen molar-refractivity contribution in [3.63, 3.8) is 0 Å². The summed E-state index contributed by atoms with van der Waals surface area (Å²) in [6.45, 7) is 10.8. The second kappa shape index (κ2) is 14.5. The Morgan fingerprint density at radius 2 is 1.78 bits per heavy atom. The van der Waals surface area contributed by atoms with Gasteiger partial charge in [-0.1, -0.05) is 68.4 Å². The summed E-state index contributed by atoms with van der Waals surface area (Å²) >= 11 is 0. The molecule has 46 heavy (non-hydrogen) atoms. The summed E-state index contributed by atoms with van der Waals surface area (Å²) in [5.41, 5.74) is 6.49. The van der Waals surface area contributed by atoms with Crippen molar-refractivity contribution in [2.24, 2.45) is 0 Å². The molecule has 1 fully saturated rings. The minimum atomic E-state index is -0.881. The van der Waals surface area contributed by atoms with Gasteiger partial charge in [0.05, 0.1) is 30.5 Å². The summed E-state index contributed by atoms with van der Waals surface area (Å²) in [5, 5.41) is 21.9. The molecule has 2 aliphatic rings. The Kier molecular flexibility index (Phi) is 10.0. The number of nitrogens with zero attached hydrogens (tertiary/aromatic N) is 3. The van der Waals surface area contributed by atoms with Gasteiger partial charge in [0.25, 0.3) is 0 Å². The molecule has 2 N–H and O–H groups in total. The van der Waals surface area contributed by atoms with Gasteiger partial charge < -0.3 is 24.5 Å². The maximum Gasteiger partial charge on any atom is 0.352 e. The molecule has 242 valence electrons.